The Balaban J connectivity index is 1.08. The molecule has 1 aliphatic heterocycles. The molecule has 294 valence electrons. The molecule has 0 radical (unpaired) electrons. The molecule has 10 aromatic rings. The van der Waals surface area contributed by atoms with Crippen LogP contribution in [0.15, 0.2) is 237 Å². The topological polar surface area (TPSA) is 12.5 Å². The van der Waals surface area contributed by atoms with E-state index in [-0.39, 0.29) is 0 Å². The summed E-state index contributed by atoms with van der Waals surface area (Å²) in [4.78, 5) is 2.39. The van der Waals surface area contributed by atoms with E-state index in [1.54, 1.807) is 0 Å². The second kappa shape index (κ2) is 13.9. The number of benzene rings is 10. The van der Waals surface area contributed by atoms with Crippen LogP contribution in [0.25, 0.3) is 66.8 Å². The molecule has 0 atom stereocenters. The first-order chi connectivity index (χ1) is 31.3. The lowest BCUT2D eigenvalue weighted by molar-refractivity contribution is 0.489. The van der Waals surface area contributed by atoms with Gasteiger partial charge >= 0.3 is 0 Å². The molecule has 0 fully saturated rings. The van der Waals surface area contributed by atoms with E-state index < -0.39 is 5.41 Å². The van der Waals surface area contributed by atoms with Gasteiger partial charge in [0.2, 0.25) is 0 Å². The highest BCUT2D eigenvalue weighted by molar-refractivity contribution is 6.00. The number of anilines is 3. The first-order valence-corrected chi connectivity index (χ1v) is 21.8. The Kier molecular flexibility index (Phi) is 7.85. The molecular formula is C61H39NO. The molecule has 2 aliphatic carbocycles. The Morgan fingerprint density at radius 3 is 1.33 bits per heavy atom. The highest BCUT2D eigenvalue weighted by Crippen LogP contribution is 2.62. The van der Waals surface area contributed by atoms with Crippen molar-refractivity contribution in [1.29, 1.82) is 0 Å². The van der Waals surface area contributed by atoms with E-state index in [0.29, 0.717) is 0 Å². The minimum Gasteiger partial charge on any atom is -0.454 e. The van der Waals surface area contributed by atoms with Gasteiger partial charge in [0.1, 0.15) is 5.75 Å². The Labute approximate surface area is 367 Å². The molecule has 0 amide bonds. The van der Waals surface area contributed by atoms with Crippen molar-refractivity contribution in [2.24, 2.45) is 0 Å². The molecule has 0 unspecified atom stereocenters. The van der Waals surface area contributed by atoms with E-state index in [0.717, 1.165) is 50.8 Å². The number of fused-ring (bicyclic) bond motifs is 17. The average Bonchev–Trinajstić information content (AvgIpc) is 3.48. The Morgan fingerprint density at radius 1 is 0.286 bits per heavy atom. The summed E-state index contributed by atoms with van der Waals surface area (Å²) < 4.78 is 7.15. The molecule has 1 spiro atoms. The first kappa shape index (κ1) is 35.5. The van der Waals surface area contributed by atoms with Gasteiger partial charge in [-0.05, 0) is 114 Å². The van der Waals surface area contributed by atoms with Gasteiger partial charge in [0.05, 0.1) is 11.1 Å². The van der Waals surface area contributed by atoms with E-state index in [1.165, 1.54) is 66.8 Å². The van der Waals surface area contributed by atoms with Crippen molar-refractivity contribution in [3.63, 3.8) is 0 Å². The standard InChI is InChI=1S/C61H39NO/c1-2-17-40(18-3-1)41-33-35-42(36-34-41)62(58-31-16-27-52-47-22-7-6-21-46(47)51-26-11-15-32-59(51)63-60(52)58)43-37-38-57-53(39-43)50-25-10-14-30-56(50)61(57)54-28-12-8-23-48(54)44-19-4-5-20-45(44)49-24-9-13-29-55(49)61/h1-39H. The lowest BCUT2D eigenvalue weighted by atomic mass is 9.66. The largest absolute Gasteiger partial charge is 0.454 e. The van der Waals surface area contributed by atoms with Gasteiger partial charge in [0.25, 0.3) is 0 Å². The van der Waals surface area contributed by atoms with Crippen molar-refractivity contribution >= 4 is 17.1 Å². The number of ether oxygens (including phenoxy) is 1. The second-order valence-corrected chi connectivity index (χ2v) is 16.7. The van der Waals surface area contributed by atoms with E-state index in [9.17, 15) is 0 Å². The number of hydrogen-bond donors (Lipinski definition) is 0. The van der Waals surface area contributed by atoms with Crippen LogP contribution in [0.4, 0.5) is 17.1 Å². The molecule has 0 bridgehead atoms. The molecule has 63 heavy (non-hydrogen) atoms. The maximum atomic E-state index is 7.15. The van der Waals surface area contributed by atoms with Gasteiger partial charge in [-0.15, -0.1) is 0 Å². The van der Waals surface area contributed by atoms with Gasteiger partial charge in [-0.1, -0.05) is 200 Å². The molecule has 0 saturated carbocycles. The van der Waals surface area contributed by atoms with Crippen molar-refractivity contribution in [3.8, 4) is 78.3 Å². The van der Waals surface area contributed by atoms with Crippen LogP contribution < -0.4 is 9.64 Å². The summed E-state index contributed by atoms with van der Waals surface area (Å²) in [5, 5.41) is 0. The normalized spacial score (nSPS) is 13.0. The van der Waals surface area contributed by atoms with Crippen molar-refractivity contribution in [2.75, 3.05) is 4.90 Å². The van der Waals surface area contributed by atoms with Crippen molar-refractivity contribution in [3.05, 3.63) is 259 Å². The van der Waals surface area contributed by atoms with Crippen LogP contribution in [-0.4, -0.2) is 0 Å². The summed E-state index contributed by atoms with van der Waals surface area (Å²) in [6, 6.07) is 86.5. The third-order valence-corrected chi connectivity index (χ3v) is 13.5. The highest BCUT2D eigenvalue weighted by atomic mass is 16.5. The van der Waals surface area contributed by atoms with Crippen LogP contribution in [0.2, 0.25) is 0 Å². The fourth-order valence-electron chi connectivity index (χ4n) is 10.9. The minimum atomic E-state index is -0.556. The third kappa shape index (κ3) is 5.19. The maximum absolute atomic E-state index is 7.15. The number of para-hydroxylation sites is 2. The second-order valence-electron chi connectivity index (χ2n) is 16.7. The van der Waals surface area contributed by atoms with Gasteiger partial charge in [-0.2, -0.15) is 0 Å². The maximum Gasteiger partial charge on any atom is 0.159 e. The predicted octanol–water partition coefficient (Wildman–Crippen LogP) is 16.3. The van der Waals surface area contributed by atoms with Crippen LogP contribution in [-0.2, 0) is 5.41 Å². The Bertz CT molecular complexity index is 3370. The summed E-state index contributed by atoms with van der Waals surface area (Å²) in [6.07, 6.45) is 0. The molecule has 3 aliphatic rings. The third-order valence-electron chi connectivity index (χ3n) is 13.5. The van der Waals surface area contributed by atoms with Crippen molar-refractivity contribution < 1.29 is 4.74 Å². The average molecular weight is 802 g/mol. The Hall–Kier alpha value is -8.20. The number of rotatable bonds is 4. The monoisotopic (exact) mass is 801 g/mol. The smallest absolute Gasteiger partial charge is 0.159 e. The van der Waals surface area contributed by atoms with Crippen LogP contribution in [0.1, 0.15) is 22.3 Å². The zero-order valence-electron chi connectivity index (χ0n) is 34.4. The predicted molar refractivity (Wildman–Crippen MR) is 259 cm³/mol. The quantitative estimate of drug-likeness (QED) is 0.176. The van der Waals surface area contributed by atoms with Gasteiger partial charge < -0.3 is 9.64 Å². The molecule has 2 heteroatoms. The molecular weight excluding hydrogens is 763 g/mol. The zero-order valence-corrected chi connectivity index (χ0v) is 34.4. The number of nitrogens with zero attached hydrogens (tertiary/aromatic N) is 1. The lowest BCUT2D eigenvalue weighted by Gasteiger charge is -2.35. The van der Waals surface area contributed by atoms with Crippen LogP contribution in [0, 0.1) is 0 Å². The summed E-state index contributed by atoms with van der Waals surface area (Å²) in [5.74, 6) is 1.66. The number of hydrogen-bond acceptors (Lipinski definition) is 2. The molecule has 2 nitrogen and oxygen atoms in total. The molecule has 1 heterocycles. The molecule has 10 aromatic carbocycles. The highest BCUT2D eigenvalue weighted by Gasteiger charge is 2.49. The fourth-order valence-corrected chi connectivity index (χ4v) is 10.9. The van der Waals surface area contributed by atoms with Gasteiger partial charge in [-0.25, -0.2) is 0 Å². The Morgan fingerprint density at radius 2 is 0.714 bits per heavy atom. The summed E-state index contributed by atoms with van der Waals surface area (Å²) in [6.45, 7) is 0. The van der Waals surface area contributed by atoms with Crippen LogP contribution >= 0.6 is 0 Å². The van der Waals surface area contributed by atoms with E-state index >= 15 is 0 Å². The van der Waals surface area contributed by atoms with Gasteiger partial charge in [0.15, 0.2) is 5.75 Å². The van der Waals surface area contributed by atoms with Gasteiger partial charge in [-0.3, -0.25) is 0 Å². The van der Waals surface area contributed by atoms with Gasteiger partial charge in [0, 0.05) is 22.5 Å². The van der Waals surface area contributed by atoms with E-state index in [1.807, 2.05) is 0 Å². The molecule has 0 saturated heterocycles. The summed E-state index contributed by atoms with van der Waals surface area (Å²) in [7, 11) is 0. The summed E-state index contributed by atoms with van der Waals surface area (Å²) >= 11 is 0. The molecule has 0 aromatic heterocycles. The van der Waals surface area contributed by atoms with E-state index in [4.69, 9.17) is 4.74 Å². The van der Waals surface area contributed by atoms with Crippen molar-refractivity contribution in [1.82, 2.24) is 0 Å². The molecule has 0 N–H and O–H groups in total. The first-order valence-electron chi connectivity index (χ1n) is 21.8. The molecule has 13 rings (SSSR count). The zero-order chi connectivity index (χ0) is 41.5. The lowest BCUT2D eigenvalue weighted by Crippen LogP contribution is -2.29. The minimum absolute atomic E-state index is 0.556. The van der Waals surface area contributed by atoms with Crippen LogP contribution in [0.3, 0.4) is 0 Å². The van der Waals surface area contributed by atoms with Crippen molar-refractivity contribution in [2.45, 2.75) is 5.41 Å². The van der Waals surface area contributed by atoms with E-state index in [2.05, 4.69) is 241 Å². The fraction of sp³-hybridized carbons (Fsp3) is 0.0164. The van der Waals surface area contributed by atoms with Crippen LogP contribution in [0.5, 0.6) is 11.5 Å². The SMILES string of the molecule is c1ccc(-c2ccc(N(c3ccc4c(c3)-c3ccccc3C43c4ccccc4-c4ccccc4-c4ccccc43)c3cccc4c3Oc3ccccc3-c3ccccc3-4)cc2)cc1. The summed E-state index contributed by atoms with van der Waals surface area (Å²) in [5.41, 5.74) is 22.0.